The molecule has 0 radical (unpaired) electrons. The van der Waals surface area contributed by atoms with Crippen molar-refractivity contribution in [2.45, 2.75) is 349 Å². The van der Waals surface area contributed by atoms with Crippen LogP contribution in [0.4, 0.5) is 0 Å². The molecule has 0 bridgehead atoms. The van der Waals surface area contributed by atoms with Gasteiger partial charge in [0, 0.05) is 25.7 Å². The quantitative estimate of drug-likeness (QED) is 0.0222. The number of carbonyl (C=O) groups excluding carboxylic acids is 4. The fourth-order valence-corrected chi connectivity index (χ4v) is 11.5. The fourth-order valence-electron chi connectivity index (χ4n) is 9.88. The van der Waals surface area contributed by atoms with Crippen LogP contribution in [-0.2, 0) is 65.4 Å². The first-order valence-corrected chi connectivity index (χ1v) is 37.5. The Morgan fingerprint density at radius 1 is 0.318 bits per heavy atom. The van der Waals surface area contributed by atoms with Gasteiger partial charge in [0.05, 0.1) is 26.4 Å². The molecule has 0 aromatic heterocycles. The van der Waals surface area contributed by atoms with E-state index in [1.807, 2.05) is 0 Å². The van der Waals surface area contributed by atoms with Crippen LogP contribution < -0.4 is 0 Å². The number of esters is 4. The van der Waals surface area contributed by atoms with Crippen LogP contribution in [0.3, 0.4) is 0 Å². The number of hydrogen-bond acceptors (Lipinski definition) is 15. The lowest BCUT2D eigenvalue weighted by Gasteiger charge is -2.21. The van der Waals surface area contributed by atoms with Crippen molar-refractivity contribution in [3.8, 4) is 0 Å². The highest BCUT2D eigenvalue weighted by atomic mass is 31.2. The number of carbonyl (C=O) groups is 4. The van der Waals surface area contributed by atoms with Gasteiger partial charge in [0.2, 0.25) is 0 Å². The van der Waals surface area contributed by atoms with Crippen molar-refractivity contribution >= 4 is 39.5 Å². The Bertz CT molecular complexity index is 1670. The van der Waals surface area contributed by atoms with Crippen molar-refractivity contribution in [3.63, 3.8) is 0 Å². The predicted molar refractivity (Wildman–Crippen MR) is 340 cm³/mol. The molecule has 19 heteroatoms. The molecule has 0 aliphatic rings. The standard InChI is InChI=1S/C66H128O17P2/c1-7-9-11-13-28-36-42-48-63(68)76-54-61(82-65(70)50-44-38-29-14-12-10-8-2)56-80-84(72,73)78-52-60(67)53-79-85(74,75)81-57-62(55-77-64(69)49-43-37-32-27-23-25-31-35-41-47-59(5)6)83-66(71)51-45-39-33-26-22-20-18-16-15-17-19-21-24-30-34-40-46-58(3)4/h58-62,67H,7-57H2,1-6H3,(H,72,73)(H,74,75)/t60-,61+,62+/m0/s1. The van der Waals surface area contributed by atoms with Gasteiger partial charge in [-0.15, -0.1) is 0 Å². The van der Waals surface area contributed by atoms with Crippen molar-refractivity contribution in [3.05, 3.63) is 0 Å². The van der Waals surface area contributed by atoms with Gasteiger partial charge in [-0.2, -0.15) is 0 Å². The largest absolute Gasteiger partial charge is 0.472 e. The van der Waals surface area contributed by atoms with Crippen molar-refractivity contribution in [2.24, 2.45) is 11.8 Å². The lowest BCUT2D eigenvalue weighted by Crippen LogP contribution is -2.30. The molecule has 5 atom stereocenters. The van der Waals surface area contributed by atoms with Crippen LogP contribution in [0, 0.1) is 11.8 Å². The number of ether oxygens (including phenoxy) is 4. The molecule has 0 aromatic carbocycles. The minimum Gasteiger partial charge on any atom is -0.462 e. The molecule has 0 fully saturated rings. The lowest BCUT2D eigenvalue weighted by molar-refractivity contribution is -0.161. The molecule has 0 saturated heterocycles. The molecule has 0 rings (SSSR count). The zero-order valence-electron chi connectivity index (χ0n) is 54.9. The van der Waals surface area contributed by atoms with E-state index in [0.717, 1.165) is 127 Å². The van der Waals surface area contributed by atoms with Gasteiger partial charge >= 0.3 is 39.5 Å². The molecule has 0 spiro atoms. The monoisotopic (exact) mass is 1250 g/mol. The van der Waals surface area contributed by atoms with Crippen LogP contribution in [0.25, 0.3) is 0 Å². The molecule has 17 nitrogen and oxygen atoms in total. The molecule has 504 valence electrons. The highest BCUT2D eigenvalue weighted by molar-refractivity contribution is 7.47. The van der Waals surface area contributed by atoms with Crippen LogP contribution in [0.2, 0.25) is 0 Å². The second kappa shape index (κ2) is 58.4. The zero-order chi connectivity index (χ0) is 62.9. The third-order valence-corrected chi connectivity index (χ3v) is 17.1. The van der Waals surface area contributed by atoms with Crippen LogP contribution >= 0.6 is 15.6 Å². The molecule has 0 aliphatic heterocycles. The molecule has 0 aliphatic carbocycles. The summed E-state index contributed by atoms with van der Waals surface area (Å²) in [6, 6.07) is 0. The van der Waals surface area contributed by atoms with Crippen molar-refractivity contribution < 1.29 is 80.2 Å². The maximum atomic E-state index is 13.0. The second-order valence-corrected chi connectivity index (χ2v) is 27.7. The molecule has 2 unspecified atom stereocenters. The normalized spacial score (nSPS) is 14.2. The summed E-state index contributed by atoms with van der Waals surface area (Å²) in [5, 5.41) is 10.5. The Labute approximate surface area is 517 Å². The molecule has 85 heavy (non-hydrogen) atoms. The first-order chi connectivity index (χ1) is 40.9. The zero-order valence-corrected chi connectivity index (χ0v) is 56.7. The van der Waals surface area contributed by atoms with Crippen LogP contribution in [0.1, 0.15) is 330 Å². The van der Waals surface area contributed by atoms with Gasteiger partial charge < -0.3 is 33.8 Å². The molecule has 0 heterocycles. The van der Waals surface area contributed by atoms with E-state index in [1.54, 1.807) is 0 Å². The Kier molecular flexibility index (Phi) is 57.1. The SMILES string of the molecule is CCCCCCCCCC(=O)OC[C@H](COP(=O)(O)OC[C@H](O)COP(=O)(O)OC[C@@H](COC(=O)CCCCCCCCCCCC(C)C)OC(=O)CCCCCCCCCCCCCCCCCCC(C)C)OC(=O)CCCCCCCCC. The number of phosphoric ester groups is 2. The Morgan fingerprint density at radius 2 is 0.541 bits per heavy atom. The lowest BCUT2D eigenvalue weighted by atomic mass is 10.0. The summed E-state index contributed by atoms with van der Waals surface area (Å²) in [5.41, 5.74) is 0. The van der Waals surface area contributed by atoms with E-state index in [2.05, 4.69) is 41.5 Å². The maximum Gasteiger partial charge on any atom is 0.472 e. The molecule has 3 N–H and O–H groups in total. The van der Waals surface area contributed by atoms with Gasteiger partial charge in [0.25, 0.3) is 0 Å². The topological polar surface area (TPSA) is 237 Å². The summed E-state index contributed by atoms with van der Waals surface area (Å²) in [4.78, 5) is 72.0. The minimum atomic E-state index is -4.95. The average Bonchev–Trinajstić information content (AvgIpc) is 3.54. The van der Waals surface area contributed by atoms with Gasteiger partial charge in [-0.1, -0.05) is 279 Å². The highest BCUT2D eigenvalue weighted by Crippen LogP contribution is 2.45. The average molecular weight is 1260 g/mol. The predicted octanol–water partition coefficient (Wildman–Crippen LogP) is 18.4. The Balaban J connectivity index is 5.14. The van der Waals surface area contributed by atoms with Gasteiger partial charge in [-0.25, -0.2) is 9.13 Å². The van der Waals surface area contributed by atoms with E-state index in [4.69, 9.17) is 37.0 Å². The van der Waals surface area contributed by atoms with E-state index in [9.17, 15) is 43.2 Å². The molecule has 0 aromatic rings. The first kappa shape index (κ1) is 83.1. The summed E-state index contributed by atoms with van der Waals surface area (Å²) < 4.78 is 67.9. The Morgan fingerprint density at radius 3 is 0.800 bits per heavy atom. The summed E-state index contributed by atoms with van der Waals surface area (Å²) in [5.74, 6) is -0.587. The summed E-state index contributed by atoms with van der Waals surface area (Å²) in [6.07, 6.45) is 42.0. The van der Waals surface area contributed by atoms with E-state index in [0.29, 0.717) is 25.7 Å². The summed E-state index contributed by atoms with van der Waals surface area (Å²) >= 11 is 0. The smallest absolute Gasteiger partial charge is 0.462 e. The van der Waals surface area contributed by atoms with E-state index in [1.165, 1.54) is 122 Å². The number of unbranched alkanes of at least 4 members (excludes halogenated alkanes) is 35. The highest BCUT2D eigenvalue weighted by Gasteiger charge is 2.30. The number of aliphatic hydroxyl groups is 1. The number of hydrogen-bond donors (Lipinski definition) is 3. The van der Waals surface area contributed by atoms with Crippen molar-refractivity contribution in [2.75, 3.05) is 39.6 Å². The molecular formula is C66H128O17P2. The summed E-state index contributed by atoms with van der Waals surface area (Å²) in [6.45, 7) is 9.44. The number of aliphatic hydroxyl groups excluding tert-OH is 1. The number of rotatable bonds is 65. The van der Waals surface area contributed by atoms with Crippen LogP contribution in [-0.4, -0.2) is 96.7 Å². The first-order valence-electron chi connectivity index (χ1n) is 34.5. The molecular weight excluding hydrogens is 1130 g/mol. The van der Waals surface area contributed by atoms with Gasteiger partial charge in [-0.05, 0) is 37.5 Å². The fraction of sp³-hybridized carbons (Fsp3) is 0.939. The Hall–Kier alpha value is -1.94. The van der Waals surface area contributed by atoms with Crippen molar-refractivity contribution in [1.29, 1.82) is 0 Å². The summed E-state index contributed by atoms with van der Waals surface area (Å²) in [7, 11) is -9.88. The third-order valence-electron chi connectivity index (χ3n) is 15.2. The third kappa shape index (κ3) is 60.7. The molecule has 0 amide bonds. The van der Waals surface area contributed by atoms with E-state index >= 15 is 0 Å². The van der Waals surface area contributed by atoms with E-state index < -0.39 is 97.5 Å². The van der Waals surface area contributed by atoms with Crippen molar-refractivity contribution in [1.82, 2.24) is 0 Å². The maximum absolute atomic E-state index is 13.0. The van der Waals surface area contributed by atoms with Crippen LogP contribution in [0.5, 0.6) is 0 Å². The van der Waals surface area contributed by atoms with Gasteiger partial charge in [0.15, 0.2) is 12.2 Å². The van der Waals surface area contributed by atoms with E-state index in [-0.39, 0.29) is 25.7 Å². The minimum absolute atomic E-state index is 0.103. The number of phosphoric acid groups is 2. The van der Waals surface area contributed by atoms with Crippen LogP contribution in [0.15, 0.2) is 0 Å². The van der Waals surface area contributed by atoms with Gasteiger partial charge in [0.1, 0.15) is 19.3 Å². The second-order valence-electron chi connectivity index (χ2n) is 24.8. The van der Waals surface area contributed by atoms with Gasteiger partial charge in [-0.3, -0.25) is 37.3 Å². The molecule has 0 saturated carbocycles.